The number of rotatable bonds is 3. The Labute approximate surface area is 107 Å². The van der Waals surface area contributed by atoms with Gasteiger partial charge in [0.2, 0.25) is 0 Å². The first-order valence-corrected chi connectivity index (χ1v) is 4.51. The van der Waals surface area contributed by atoms with E-state index in [1.165, 1.54) is 6.07 Å². The molecule has 1 unspecified atom stereocenters. The van der Waals surface area contributed by atoms with E-state index < -0.39 is 24.0 Å². The second-order valence-corrected chi connectivity index (χ2v) is 3.25. The Morgan fingerprint density at radius 3 is 2.44 bits per heavy atom. The normalized spacial score (nSPS) is 12.2. The number of nitrogens with two attached hydrogens (primary N) is 1. The highest BCUT2D eigenvalue weighted by atomic mass is 35.5. The molecule has 1 atom stereocenters. The molecule has 0 fully saturated rings. The van der Waals surface area contributed by atoms with Crippen LogP contribution in [0, 0.1) is 17.1 Å². The molecule has 0 aliphatic rings. The van der Waals surface area contributed by atoms with Crippen LogP contribution in [0.15, 0.2) is 18.2 Å². The Morgan fingerprint density at radius 1 is 1.39 bits per heavy atom. The molecule has 0 radical (unpaired) electrons. The molecule has 1 aromatic carbocycles. The summed E-state index contributed by atoms with van der Waals surface area (Å²) in [6, 6.07) is 3.83. The van der Waals surface area contributed by atoms with Crippen LogP contribution in [-0.4, -0.2) is 12.4 Å². The van der Waals surface area contributed by atoms with Crippen LogP contribution in [0.25, 0.3) is 0 Å². The molecule has 0 amide bonds. The number of hydrogen-bond donors (Lipinski definition) is 1. The first kappa shape index (κ1) is 16.5. The zero-order valence-electron chi connectivity index (χ0n) is 8.87. The standard InChI is InChI=1S/C10H8F4N2O.ClH/c11-8-4-6(3-7(16)5-15)1-2-9(8)17-10(12,13)14;/h1-2,4,7H,3,16H2;1H. The van der Waals surface area contributed by atoms with Gasteiger partial charge >= 0.3 is 6.36 Å². The van der Waals surface area contributed by atoms with Crippen molar-refractivity contribution >= 4 is 12.4 Å². The Balaban J connectivity index is 0.00000289. The largest absolute Gasteiger partial charge is 0.573 e. The number of hydrogen-bond acceptors (Lipinski definition) is 3. The van der Waals surface area contributed by atoms with E-state index in [-0.39, 0.29) is 18.8 Å². The van der Waals surface area contributed by atoms with Gasteiger partial charge in [0.05, 0.1) is 12.1 Å². The lowest BCUT2D eigenvalue weighted by Gasteiger charge is -2.10. The van der Waals surface area contributed by atoms with E-state index in [0.717, 1.165) is 12.1 Å². The van der Waals surface area contributed by atoms with Crippen molar-refractivity contribution in [1.29, 1.82) is 5.26 Å². The summed E-state index contributed by atoms with van der Waals surface area (Å²) < 4.78 is 52.1. The van der Waals surface area contributed by atoms with Gasteiger partial charge in [-0.2, -0.15) is 5.26 Å². The molecule has 100 valence electrons. The Hall–Kier alpha value is -1.52. The Morgan fingerprint density at radius 2 is 2.00 bits per heavy atom. The molecule has 1 rings (SSSR count). The monoisotopic (exact) mass is 284 g/mol. The summed E-state index contributed by atoms with van der Waals surface area (Å²) >= 11 is 0. The third-order valence-electron chi connectivity index (χ3n) is 1.84. The van der Waals surface area contributed by atoms with E-state index in [1.807, 2.05) is 0 Å². The first-order valence-electron chi connectivity index (χ1n) is 4.51. The Kier molecular flexibility index (Phi) is 5.88. The van der Waals surface area contributed by atoms with E-state index in [1.54, 1.807) is 6.07 Å². The van der Waals surface area contributed by atoms with E-state index in [9.17, 15) is 17.6 Å². The predicted octanol–water partition coefficient (Wildman–Crippen LogP) is 2.54. The summed E-state index contributed by atoms with van der Waals surface area (Å²) in [6.07, 6.45) is -4.88. The van der Waals surface area contributed by atoms with Crippen molar-refractivity contribution in [3.8, 4) is 11.8 Å². The van der Waals surface area contributed by atoms with Crippen molar-refractivity contribution in [3.05, 3.63) is 29.6 Å². The smallest absolute Gasteiger partial charge is 0.403 e. The van der Waals surface area contributed by atoms with Crippen molar-refractivity contribution in [2.24, 2.45) is 5.73 Å². The summed E-state index contributed by atoms with van der Waals surface area (Å²) in [7, 11) is 0. The van der Waals surface area contributed by atoms with Gasteiger partial charge in [-0.3, -0.25) is 0 Å². The molecule has 0 aromatic heterocycles. The van der Waals surface area contributed by atoms with E-state index in [2.05, 4.69) is 4.74 Å². The zero-order valence-corrected chi connectivity index (χ0v) is 9.69. The number of halogens is 5. The highest BCUT2D eigenvalue weighted by Gasteiger charge is 2.32. The van der Waals surface area contributed by atoms with Crippen molar-refractivity contribution < 1.29 is 22.3 Å². The lowest BCUT2D eigenvalue weighted by Crippen LogP contribution is -2.20. The third kappa shape index (κ3) is 5.21. The van der Waals surface area contributed by atoms with E-state index in [4.69, 9.17) is 11.0 Å². The van der Waals surface area contributed by atoms with Crippen molar-refractivity contribution in [1.82, 2.24) is 0 Å². The van der Waals surface area contributed by atoms with E-state index in [0.29, 0.717) is 5.56 Å². The lowest BCUT2D eigenvalue weighted by atomic mass is 10.1. The number of alkyl halides is 3. The van der Waals surface area contributed by atoms with Crippen LogP contribution in [0.3, 0.4) is 0 Å². The van der Waals surface area contributed by atoms with Crippen LogP contribution in [-0.2, 0) is 6.42 Å². The van der Waals surface area contributed by atoms with Gasteiger partial charge in [-0.15, -0.1) is 25.6 Å². The molecule has 0 heterocycles. The average Bonchev–Trinajstić information content (AvgIpc) is 2.20. The van der Waals surface area contributed by atoms with E-state index >= 15 is 0 Å². The molecule has 0 bridgehead atoms. The highest BCUT2D eigenvalue weighted by Crippen LogP contribution is 2.26. The van der Waals surface area contributed by atoms with Crippen LogP contribution in [0.2, 0.25) is 0 Å². The van der Waals surface area contributed by atoms with Gasteiger partial charge in [0, 0.05) is 6.42 Å². The molecule has 18 heavy (non-hydrogen) atoms. The molecular weight excluding hydrogens is 276 g/mol. The minimum Gasteiger partial charge on any atom is -0.403 e. The van der Waals surface area contributed by atoms with Crippen molar-refractivity contribution in [2.45, 2.75) is 18.8 Å². The number of benzene rings is 1. The predicted molar refractivity (Wildman–Crippen MR) is 57.6 cm³/mol. The van der Waals surface area contributed by atoms with Gasteiger partial charge in [-0.25, -0.2) is 4.39 Å². The molecule has 2 N–H and O–H groups in total. The summed E-state index contributed by atoms with van der Waals surface area (Å²) in [5, 5.41) is 8.43. The fourth-order valence-electron chi connectivity index (χ4n) is 1.18. The molecule has 0 aliphatic carbocycles. The van der Waals surface area contributed by atoms with Crippen LogP contribution >= 0.6 is 12.4 Å². The van der Waals surface area contributed by atoms with Crippen molar-refractivity contribution in [3.63, 3.8) is 0 Å². The fourth-order valence-corrected chi connectivity index (χ4v) is 1.18. The van der Waals surface area contributed by atoms with Gasteiger partial charge in [-0.05, 0) is 17.7 Å². The number of ether oxygens (including phenoxy) is 1. The molecule has 3 nitrogen and oxygen atoms in total. The van der Waals surface area contributed by atoms with Crippen LogP contribution < -0.4 is 10.5 Å². The van der Waals surface area contributed by atoms with Crippen LogP contribution in [0.4, 0.5) is 17.6 Å². The summed E-state index contributed by atoms with van der Waals surface area (Å²) in [5.41, 5.74) is 5.63. The maximum Gasteiger partial charge on any atom is 0.573 e. The van der Waals surface area contributed by atoms with Crippen molar-refractivity contribution in [2.75, 3.05) is 0 Å². The molecule has 0 saturated heterocycles. The van der Waals surface area contributed by atoms with Crippen LogP contribution in [0.5, 0.6) is 5.75 Å². The average molecular weight is 285 g/mol. The summed E-state index contributed by atoms with van der Waals surface area (Å²) in [6.45, 7) is 0. The van der Waals surface area contributed by atoms with Gasteiger partial charge in [-0.1, -0.05) is 6.07 Å². The zero-order chi connectivity index (χ0) is 13.1. The molecular formula is C10H9ClF4N2O. The highest BCUT2D eigenvalue weighted by molar-refractivity contribution is 5.85. The van der Waals surface area contributed by atoms with Gasteiger partial charge < -0.3 is 10.5 Å². The van der Waals surface area contributed by atoms with Gasteiger partial charge in [0.15, 0.2) is 11.6 Å². The SMILES string of the molecule is Cl.N#CC(N)Cc1ccc(OC(F)(F)F)c(F)c1. The number of nitriles is 1. The van der Waals surface area contributed by atoms with Gasteiger partial charge in [0.1, 0.15) is 0 Å². The molecule has 0 aliphatic heterocycles. The first-order chi connectivity index (χ1) is 7.81. The lowest BCUT2D eigenvalue weighted by molar-refractivity contribution is -0.275. The maximum absolute atomic E-state index is 13.2. The molecule has 0 spiro atoms. The summed E-state index contributed by atoms with van der Waals surface area (Å²) in [5.74, 6) is -2.06. The van der Waals surface area contributed by atoms with Crippen LogP contribution in [0.1, 0.15) is 5.56 Å². The minimum absolute atomic E-state index is 0. The summed E-state index contributed by atoms with van der Waals surface area (Å²) in [4.78, 5) is 0. The molecule has 0 saturated carbocycles. The second kappa shape index (κ2) is 6.42. The quantitative estimate of drug-likeness (QED) is 0.868. The van der Waals surface area contributed by atoms with Gasteiger partial charge in [0.25, 0.3) is 0 Å². The second-order valence-electron chi connectivity index (χ2n) is 3.25. The fraction of sp³-hybridized carbons (Fsp3) is 0.300. The Bertz CT molecular complexity index is 444. The number of nitrogens with zero attached hydrogens (tertiary/aromatic N) is 1. The topological polar surface area (TPSA) is 59.0 Å². The minimum atomic E-state index is -4.94. The third-order valence-corrected chi connectivity index (χ3v) is 1.84. The maximum atomic E-state index is 13.2. The molecule has 1 aromatic rings. The molecule has 8 heteroatoms.